The SMILES string of the molecule is Cc1cc(C(=O)NC(C)c2cnc(OCC(F)(F)F)c(C)c2)nc(CC(=O)C(C)C)n1. The Balaban J connectivity index is 2.11. The first-order valence-electron chi connectivity index (χ1n) is 9.70. The minimum Gasteiger partial charge on any atom is -0.468 e. The van der Waals surface area contributed by atoms with Gasteiger partial charge in [0, 0.05) is 23.4 Å². The van der Waals surface area contributed by atoms with Crippen molar-refractivity contribution in [3.8, 4) is 5.88 Å². The van der Waals surface area contributed by atoms with E-state index < -0.39 is 24.7 Å². The van der Waals surface area contributed by atoms with Crippen molar-refractivity contribution in [2.45, 2.75) is 53.3 Å². The zero-order valence-corrected chi connectivity index (χ0v) is 18.0. The smallest absolute Gasteiger partial charge is 0.422 e. The quantitative estimate of drug-likeness (QED) is 0.676. The number of amides is 1. The van der Waals surface area contributed by atoms with Crippen LogP contribution < -0.4 is 10.1 Å². The van der Waals surface area contributed by atoms with Gasteiger partial charge in [0.2, 0.25) is 5.88 Å². The second-order valence-corrected chi connectivity index (χ2v) is 7.60. The van der Waals surface area contributed by atoms with Crippen LogP contribution in [-0.2, 0) is 11.2 Å². The van der Waals surface area contributed by atoms with Gasteiger partial charge in [0.15, 0.2) is 6.61 Å². The molecule has 0 saturated heterocycles. The average molecular weight is 438 g/mol. The van der Waals surface area contributed by atoms with Crippen molar-refractivity contribution in [1.29, 1.82) is 0 Å². The number of halogens is 3. The molecule has 1 amide bonds. The first-order chi connectivity index (χ1) is 14.4. The number of alkyl halides is 3. The topological polar surface area (TPSA) is 94.1 Å². The number of nitrogens with zero attached hydrogens (tertiary/aromatic N) is 3. The van der Waals surface area contributed by atoms with Crippen LogP contribution in [0.25, 0.3) is 0 Å². The Kier molecular flexibility index (Phi) is 7.70. The molecule has 2 heterocycles. The van der Waals surface area contributed by atoms with Crippen LogP contribution in [0.5, 0.6) is 5.88 Å². The van der Waals surface area contributed by atoms with E-state index in [0.29, 0.717) is 16.8 Å². The highest BCUT2D eigenvalue weighted by Gasteiger charge is 2.29. The molecule has 1 unspecified atom stereocenters. The summed E-state index contributed by atoms with van der Waals surface area (Å²) in [5.41, 5.74) is 1.69. The number of hydrogen-bond donors (Lipinski definition) is 1. The fourth-order valence-electron chi connectivity index (χ4n) is 2.66. The number of Topliss-reactive ketones (excluding diaryl/α,β-unsaturated/α-hetero) is 1. The Hall–Kier alpha value is -3.04. The third kappa shape index (κ3) is 7.30. The number of ether oxygens (including phenoxy) is 1. The maximum atomic E-state index is 12.7. The summed E-state index contributed by atoms with van der Waals surface area (Å²) in [6, 6.07) is 2.62. The second kappa shape index (κ2) is 9.84. The highest BCUT2D eigenvalue weighted by molar-refractivity contribution is 5.92. The highest BCUT2D eigenvalue weighted by Crippen LogP contribution is 2.22. The molecule has 0 fully saturated rings. The van der Waals surface area contributed by atoms with Crippen molar-refractivity contribution < 1.29 is 27.5 Å². The van der Waals surface area contributed by atoms with Crippen LogP contribution in [0.2, 0.25) is 0 Å². The summed E-state index contributed by atoms with van der Waals surface area (Å²) in [5.74, 6) is -0.503. The van der Waals surface area contributed by atoms with Gasteiger partial charge in [-0.1, -0.05) is 13.8 Å². The van der Waals surface area contributed by atoms with E-state index in [1.165, 1.54) is 12.3 Å². The van der Waals surface area contributed by atoms with Gasteiger partial charge in [0.05, 0.1) is 12.5 Å². The Morgan fingerprint density at radius 3 is 2.39 bits per heavy atom. The number of nitrogens with one attached hydrogen (secondary N) is 1. The number of aryl methyl sites for hydroxylation is 2. The fraction of sp³-hybridized carbons (Fsp3) is 0.476. The number of carbonyl (C=O) groups excluding carboxylic acids is 2. The van der Waals surface area contributed by atoms with E-state index in [0.717, 1.165) is 0 Å². The van der Waals surface area contributed by atoms with Crippen LogP contribution in [0.1, 0.15) is 59.9 Å². The maximum absolute atomic E-state index is 12.7. The normalized spacial score (nSPS) is 12.5. The van der Waals surface area contributed by atoms with Crippen molar-refractivity contribution in [1.82, 2.24) is 20.3 Å². The van der Waals surface area contributed by atoms with E-state index >= 15 is 0 Å². The summed E-state index contributed by atoms with van der Waals surface area (Å²) >= 11 is 0. The van der Waals surface area contributed by atoms with Crippen molar-refractivity contribution in [3.05, 3.63) is 46.7 Å². The summed E-state index contributed by atoms with van der Waals surface area (Å²) < 4.78 is 41.7. The molecule has 2 aromatic rings. The molecule has 7 nitrogen and oxygen atoms in total. The molecule has 0 aliphatic carbocycles. The molecule has 2 aromatic heterocycles. The van der Waals surface area contributed by atoms with Crippen molar-refractivity contribution in [2.24, 2.45) is 5.92 Å². The van der Waals surface area contributed by atoms with Gasteiger partial charge in [-0.3, -0.25) is 9.59 Å². The molecule has 2 rings (SSSR count). The molecular weight excluding hydrogens is 413 g/mol. The first kappa shape index (κ1) is 24.2. The lowest BCUT2D eigenvalue weighted by molar-refractivity contribution is -0.154. The van der Waals surface area contributed by atoms with E-state index in [-0.39, 0.29) is 35.5 Å². The second-order valence-electron chi connectivity index (χ2n) is 7.60. The fourth-order valence-corrected chi connectivity index (χ4v) is 2.66. The molecule has 0 aliphatic rings. The van der Waals surface area contributed by atoms with E-state index in [9.17, 15) is 22.8 Å². The molecule has 31 heavy (non-hydrogen) atoms. The summed E-state index contributed by atoms with van der Waals surface area (Å²) in [7, 11) is 0. The van der Waals surface area contributed by atoms with Crippen molar-refractivity contribution in [2.75, 3.05) is 6.61 Å². The van der Waals surface area contributed by atoms with Crippen molar-refractivity contribution in [3.63, 3.8) is 0 Å². The van der Waals surface area contributed by atoms with E-state index in [1.54, 1.807) is 40.7 Å². The monoisotopic (exact) mass is 438 g/mol. The molecule has 10 heteroatoms. The minimum absolute atomic E-state index is 0.0280. The molecule has 0 saturated carbocycles. The third-order valence-corrected chi connectivity index (χ3v) is 4.38. The van der Waals surface area contributed by atoms with Crippen molar-refractivity contribution >= 4 is 11.7 Å². The zero-order chi connectivity index (χ0) is 23.3. The number of carbonyl (C=O) groups is 2. The predicted molar refractivity (Wildman–Crippen MR) is 107 cm³/mol. The van der Waals surface area contributed by atoms with Crippen LogP contribution in [0, 0.1) is 19.8 Å². The van der Waals surface area contributed by atoms with Crippen LogP contribution in [0.15, 0.2) is 18.3 Å². The summed E-state index contributed by atoms with van der Waals surface area (Å²) in [5, 5.41) is 2.77. The Bertz CT molecular complexity index is 961. The van der Waals surface area contributed by atoms with Gasteiger partial charge in [-0.2, -0.15) is 13.2 Å². The summed E-state index contributed by atoms with van der Waals surface area (Å²) in [6.45, 7) is 7.12. The predicted octanol–water partition coefficient (Wildman–Crippen LogP) is 3.69. The summed E-state index contributed by atoms with van der Waals surface area (Å²) in [6.07, 6.45) is -3.07. The number of hydrogen-bond acceptors (Lipinski definition) is 6. The minimum atomic E-state index is -4.46. The van der Waals surface area contributed by atoms with Crippen LogP contribution in [0.4, 0.5) is 13.2 Å². The lowest BCUT2D eigenvalue weighted by Gasteiger charge is -2.16. The number of aromatic nitrogens is 3. The Labute approximate surface area is 178 Å². The summed E-state index contributed by atoms with van der Waals surface area (Å²) in [4.78, 5) is 37.0. The molecular formula is C21H25F3N4O3. The van der Waals surface area contributed by atoms with Gasteiger partial charge in [-0.05, 0) is 38.5 Å². The number of rotatable bonds is 8. The lowest BCUT2D eigenvalue weighted by Crippen LogP contribution is -2.28. The van der Waals surface area contributed by atoms with Gasteiger partial charge in [0.25, 0.3) is 5.91 Å². The lowest BCUT2D eigenvalue weighted by atomic mass is 10.1. The van der Waals surface area contributed by atoms with E-state index in [1.807, 2.05) is 0 Å². The molecule has 168 valence electrons. The molecule has 0 aromatic carbocycles. The van der Waals surface area contributed by atoms with Gasteiger partial charge in [0.1, 0.15) is 17.3 Å². The molecule has 0 aliphatic heterocycles. The molecule has 0 bridgehead atoms. The van der Waals surface area contributed by atoms with Crippen LogP contribution in [0.3, 0.4) is 0 Å². The van der Waals surface area contributed by atoms with Crippen LogP contribution >= 0.6 is 0 Å². The maximum Gasteiger partial charge on any atom is 0.422 e. The number of pyridine rings is 1. The highest BCUT2D eigenvalue weighted by atomic mass is 19.4. The first-order valence-corrected chi connectivity index (χ1v) is 9.70. The molecule has 0 spiro atoms. The number of ketones is 1. The van der Waals surface area contributed by atoms with E-state index in [4.69, 9.17) is 4.74 Å². The average Bonchev–Trinajstić information content (AvgIpc) is 2.65. The van der Waals surface area contributed by atoms with Crippen LogP contribution in [-0.4, -0.2) is 39.4 Å². The zero-order valence-electron chi connectivity index (χ0n) is 18.0. The molecule has 1 N–H and O–H groups in total. The van der Waals surface area contributed by atoms with Gasteiger partial charge < -0.3 is 10.1 Å². The molecule has 0 radical (unpaired) electrons. The Morgan fingerprint density at radius 2 is 1.81 bits per heavy atom. The van der Waals surface area contributed by atoms with Gasteiger partial charge >= 0.3 is 6.18 Å². The van der Waals surface area contributed by atoms with Gasteiger partial charge in [-0.15, -0.1) is 0 Å². The van der Waals surface area contributed by atoms with Gasteiger partial charge in [-0.25, -0.2) is 15.0 Å². The standard InChI is InChI=1S/C21H25F3N4O3/c1-11(2)17(29)8-18-26-13(4)7-16(28-18)19(30)27-14(5)15-6-12(3)20(25-9-15)31-10-21(22,23)24/h6-7,9,11,14H,8,10H2,1-5H3,(H,27,30). The third-order valence-electron chi connectivity index (χ3n) is 4.38. The Morgan fingerprint density at radius 1 is 1.13 bits per heavy atom. The largest absolute Gasteiger partial charge is 0.468 e. The molecule has 1 atom stereocenters. The van der Waals surface area contributed by atoms with E-state index in [2.05, 4.69) is 20.3 Å².